The van der Waals surface area contributed by atoms with Crippen LogP contribution in [0.5, 0.6) is 0 Å². The summed E-state index contributed by atoms with van der Waals surface area (Å²) in [6.45, 7) is 2.80. The lowest BCUT2D eigenvalue weighted by molar-refractivity contribution is 0.864. The van der Waals surface area contributed by atoms with Gasteiger partial charge in [0, 0.05) is 13.6 Å². The largest absolute Gasteiger partial charge is 0.389 e. The van der Waals surface area contributed by atoms with Gasteiger partial charge in [-0.1, -0.05) is 42.0 Å². The van der Waals surface area contributed by atoms with Gasteiger partial charge in [0.15, 0.2) is 5.82 Å². The minimum Gasteiger partial charge on any atom is -0.389 e. The molecule has 0 saturated carbocycles. The van der Waals surface area contributed by atoms with E-state index in [1.807, 2.05) is 11.9 Å². The van der Waals surface area contributed by atoms with E-state index in [0.29, 0.717) is 10.8 Å². The zero-order chi connectivity index (χ0) is 13.8. The fourth-order valence-corrected chi connectivity index (χ4v) is 2.00. The normalized spacial score (nSPS) is 10.2. The quantitative estimate of drug-likeness (QED) is 0.863. The molecule has 0 aliphatic rings. The van der Waals surface area contributed by atoms with Crippen LogP contribution in [0.1, 0.15) is 16.7 Å². The molecule has 1 aromatic heterocycles. The van der Waals surface area contributed by atoms with E-state index in [9.17, 15) is 0 Å². The van der Waals surface area contributed by atoms with Crippen LogP contribution in [-0.4, -0.2) is 22.2 Å². The number of nitrogens with zero attached hydrogens (tertiary/aromatic N) is 3. The van der Waals surface area contributed by atoms with Gasteiger partial charge in [-0.05, 0) is 18.6 Å². The van der Waals surface area contributed by atoms with Gasteiger partial charge in [-0.3, -0.25) is 0 Å². The molecule has 0 amide bonds. The molecule has 0 aliphatic carbocycles. The van der Waals surface area contributed by atoms with E-state index in [2.05, 4.69) is 41.4 Å². The van der Waals surface area contributed by atoms with E-state index in [-0.39, 0.29) is 0 Å². The van der Waals surface area contributed by atoms with Crippen molar-refractivity contribution in [2.24, 2.45) is 5.73 Å². The number of thiocarbonyl (C=S) groups is 1. The third kappa shape index (κ3) is 3.26. The van der Waals surface area contributed by atoms with Crippen LogP contribution in [0, 0.1) is 6.92 Å². The summed E-state index contributed by atoms with van der Waals surface area (Å²) < 4.78 is 0. The first-order chi connectivity index (χ1) is 9.08. The van der Waals surface area contributed by atoms with Gasteiger partial charge in [-0.2, -0.15) is 5.10 Å². The molecule has 2 aromatic rings. The Morgan fingerprint density at radius 3 is 2.58 bits per heavy atom. The lowest BCUT2D eigenvalue weighted by atomic mass is 10.1. The molecule has 2 N–H and O–H groups in total. The Morgan fingerprint density at radius 1 is 1.26 bits per heavy atom. The van der Waals surface area contributed by atoms with E-state index in [1.165, 1.54) is 11.1 Å². The van der Waals surface area contributed by atoms with E-state index in [4.69, 9.17) is 18.0 Å². The first-order valence-electron chi connectivity index (χ1n) is 5.96. The van der Waals surface area contributed by atoms with E-state index in [0.717, 1.165) is 12.1 Å². The number of rotatable bonds is 4. The summed E-state index contributed by atoms with van der Waals surface area (Å²) in [4.78, 5) is 2.33. The second-order valence-electron chi connectivity index (χ2n) is 4.47. The lowest BCUT2D eigenvalue weighted by Crippen LogP contribution is -2.23. The van der Waals surface area contributed by atoms with Crippen molar-refractivity contribution in [3.05, 3.63) is 53.2 Å². The maximum absolute atomic E-state index is 5.70. The molecule has 0 bridgehead atoms. The van der Waals surface area contributed by atoms with Gasteiger partial charge in [0.25, 0.3) is 0 Å². The topological polar surface area (TPSA) is 55.0 Å². The van der Waals surface area contributed by atoms with Crippen molar-refractivity contribution in [2.75, 3.05) is 11.9 Å². The molecule has 0 aliphatic heterocycles. The summed E-state index contributed by atoms with van der Waals surface area (Å²) in [6.07, 6.45) is 1.59. The first-order valence-corrected chi connectivity index (χ1v) is 6.37. The van der Waals surface area contributed by atoms with Crippen molar-refractivity contribution in [3.63, 3.8) is 0 Å². The number of benzene rings is 1. The van der Waals surface area contributed by atoms with Gasteiger partial charge in [-0.15, -0.1) is 5.10 Å². The molecular weight excluding hydrogens is 256 g/mol. The standard InChI is InChI=1S/C14H16N4S/c1-10-3-5-11(6-4-10)9-18(2)14-12(13(15)19)7-8-16-17-14/h3-8H,9H2,1-2H3,(H2,15,19). The Kier molecular flexibility index (Phi) is 4.06. The summed E-state index contributed by atoms with van der Waals surface area (Å²) in [5.41, 5.74) is 8.90. The molecule has 1 heterocycles. The molecule has 5 heteroatoms. The van der Waals surface area contributed by atoms with E-state index < -0.39 is 0 Å². The van der Waals surface area contributed by atoms with Crippen LogP contribution in [0.2, 0.25) is 0 Å². The molecule has 0 radical (unpaired) electrons. The molecule has 0 atom stereocenters. The van der Waals surface area contributed by atoms with Crippen LogP contribution < -0.4 is 10.6 Å². The number of anilines is 1. The molecule has 98 valence electrons. The molecule has 19 heavy (non-hydrogen) atoms. The second kappa shape index (κ2) is 5.75. The molecule has 0 fully saturated rings. The van der Waals surface area contributed by atoms with Crippen molar-refractivity contribution in [1.29, 1.82) is 0 Å². The Labute approximate surface area is 118 Å². The highest BCUT2D eigenvalue weighted by atomic mass is 32.1. The van der Waals surface area contributed by atoms with Crippen molar-refractivity contribution in [2.45, 2.75) is 13.5 Å². The molecular formula is C14H16N4S. The van der Waals surface area contributed by atoms with Crippen LogP contribution in [0.15, 0.2) is 36.5 Å². The first kappa shape index (κ1) is 13.4. The average Bonchev–Trinajstić information content (AvgIpc) is 2.41. The van der Waals surface area contributed by atoms with Crippen LogP contribution in [0.25, 0.3) is 0 Å². The maximum Gasteiger partial charge on any atom is 0.161 e. The molecule has 0 unspecified atom stereocenters. The van der Waals surface area contributed by atoms with Gasteiger partial charge in [0.05, 0.1) is 11.8 Å². The second-order valence-corrected chi connectivity index (χ2v) is 4.91. The van der Waals surface area contributed by atoms with Gasteiger partial charge < -0.3 is 10.6 Å². The van der Waals surface area contributed by atoms with Gasteiger partial charge in [0.1, 0.15) is 4.99 Å². The van der Waals surface area contributed by atoms with Gasteiger partial charge in [0.2, 0.25) is 0 Å². The van der Waals surface area contributed by atoms with Crippen LogP contribution in [0.4, 0.5) is 5.82 Å². The lowest BCUT2D eigenvalue weighted by Gasteiger charge is -2.20. The van der Waals surface area contributed by atoms with Gasteiger partial charge >= 0.3 is 0 Å². The predicted molar refractivity (Wildman–Crippen MR) is 81.2 cm³/mol. The van der Waals surface area contributed by atoms with Crippen molar-refractivity contribution >= 4 is 23.0 Å². The third-order valence-corrected chi connectivity index (χ3v) is 3.09. The smallest absolute Gasteiger partial charge is 0.161 e. The highest BCUT2D eigenvalue weighted by Gasteiger charge is 2.11. The number of hydrogen-bond acceptors (Lipinski definition) is 4. The summed E-state index contributed by atoms with van der Waals surface area (Å²) >= 11 is 5.03. The van der Waals surface area contributed by atoms with Crippen molar-refractivity contribution in [3.8, 4) is 0 Å². The van der Waals surface area contributed by atoms with E-state index in [1.54, 1.807) is 12.3 Å². The number of aromatic nitrogens is 2. The fraction of sp³-hybridized carbons (Fsp3) is 0.214. The summed E-state index contributed by atoms with van der Waals surface area (Å²) in [7, 11) is 1.95. The third-order valence-electron chi connectivity index (χ3n) is 2.87. The number of aryl methyl sites for hydroxylation is 1. The van der Waals surface area contributed by atoms with Crippen LogP contribution >= 0.6 is 12.2 Å². The maximum atomic E-state index is 5.70. The Hall–Kier alpha value is -2.01. The molecule has 0 spiro atoms. The molecule has 1 aromatic carbocycles. The molecule has 2 rings (SSSR count). The monoisotopic (exact) mass is 272 g/mol. The van der Waals surface area contributed by atoms with Crippen LogP contribution in [-0.2, 0) is 6.54 Å². The summed E-state index contributed by atoms with van der Waals surface area (Å²) in [5, 5.41) is 8.02. The Morgan fingerprint density at radius 2 is 1.95 bits per heavy atom. The average molecular weight is 272 g/mol. The Bertz CT molecular complexity index is 580. The van der Waals surface area contributed by atoms with Crippen molar-refractivity contribution in [1.82, 2.24) is 10.2 Å². The van der Waals surface area contributed by atoms with Crippen molar-refractivity contribution < 1.29 is 0 Å². The van der Waals surface area contributed by atoms with E-state index >= 15 is 0 Å². The minimum atomic E-state index is 0.334. The zero-order valence-electron chi connectivity index (χ0n) is 11.0. The molecule has 4 nitrogen and oxygen atoms in total. The number of hydrogen-bond donors (Lipinski definition) is 1. The summed E-state index contributed by atoms with van der Waals surface area (Å²) in [5.74, 6) is 0.704. The highest BCUT2D eigenvalue weighted by molar-refractivity contribution is 7.80. The van der Waals surface area contributed by atoms with Gasteiger partial charge in [-0.25, -0.2) is 0 Å². The SMILES string of the molecule is Cc1ccc(CN(C)c2nnccc2C(N)=S)cc1. The predicted octanol–water partition coefficient (Wildman–Crippen LogP) is 2.06. The van der Waals surface area contributed by atoms with Crippen LogP contribution in [0.3, 0.4) is 0 Å². The number of nitrogens with two attached hydrogens (primary N) is 1. The summed E-state index contributed by atoms with van der Waals surface area (Å²) in [6, 6.07) is 10.2. The Balaban J connectivity index is 2.22. The zero-order valence-corrected chi connectivity index (χ0v) is 11.8. The molecule has 0 saturated heterocycles. The minimum absolute atomic E-state index is 0.334. The fourth-order valence-electron chi connectivity index (χ4n) is 1.84. The highest BCUT2D eigenvalue weighted by Crippen LogP contribution is 2.17.